The van der Waals surface area contributed by atoms with Crippen LogP contribution < -0.4 is 0 Å². The molecule has 1 amide bonds. The van der Waals surface area contributed by atoms with Crippen LogP contribution in [-0.4, -0.2) is 50.1 Å². The van der Waals surface area contributed by atoms with Gasteiger partial charge in [-0.2, -0.15) is 0 Å². The minimum absolute atomic E-state index is 0.115. The Labute approximate surface area is 186 Å². The molecule has 0 bridgehead atoms. The van der Waals surface area contributed by atoms with Crippen LogP contribution in [-0.2, 0) is 19.6 Å². The van der Waals surface area contributed by atoms with E-state index in [1.807, 2.05) is 0 Å². The Morgan fingerprint density at radius 3 is 2.65 bits per heavy atom. The van der Waals surface area contributed by atoms with Gasteiger partial charge in [-0.3, -0.25) is 24.6 Å². The summed E-state index contributed by atoms with van der Waals surface area (Å²) in [5.74, 6) is -1.45. The third kappa shape index (κ3) is 4.68. The van der Waals surface area contributed by atoms with E-state index >= 15 is 0 Å². The number of rotatable bonds is 8. The van der Waals surface area contributed by atoms with Crippen molar-refractivity contribution in [1.82, 2.24) is 8.87 Å². The predicted molar refractivity (Wildman–Crippen MR) is 117 cm³/mol. The summed E-state index contributed by atoms with van der Waals surface area (Å²) < 4.78 is 27.2. The lowest BCUT2D eigenvalue weighted by Crippen LogP contribution is -2.29. The van der Waals surface area contributed by atoms with Crippen molar-refractivity contribution in [2.75, 3.05) is 6.54 Å². The lowest BCUT2D eigenvalue weighted by Gasteiger charge is -2.13. The van der Waals surface area contributed by atoms with Gasteiger partial charge in [-0.15, -0.1) is 0 Å². The van der Waals surface area contributed by atoms with E-state index in [0.29, 0.717) is 0 Å². The van der Waals surface area contributed by atoms with Crippen LogP contribution in [0.3, 0.4) is 0 Å². The lowest BCUT2D eigenvalue weighted by molar-refractivity contribution is -0.387. The molecule has 1 aliphatic heterocycles. The molecule has 0 spiro atoms. The number of benzene rings is 1. The molecule has 0 atom stereocenters. The second-order valence-corrected chi connectivity index (χ2v) is 9.75. The van der Waals surface area contributed by atoms with E-state index in [4.69, 9.17) is 17.3 Å². The molecular weight excluding hydrogens is 466 g/mol. The SMILES string of the molecule is O=C(O)CCCN1C(=O)/C(=C\c2cccn2S(=O)(=O)c2ccccc2[N+](=O)[O-])SC1=S. The predicted octanol–water partition coefficient (Wildman–Crippen LogP) is 2.70. The van der Waals surface area contributed by atoms with Gasteiger partial charge in [0.15, 0.2) is 4.90 Å². The Kier molecular flexibility index (Phi) is 6.57. The second kappa shape index (κ2) is 8.99. The maximum atomic E-state index is 13.1. The highest BCUT2D eigenvalue weighted by molar-refractivity contribution is 8.26. The summed E-state index contributed by atoms with van der Waals surface area (Å²) in [7, 11) is -4.31. The first-order valence-electron chi connectivity index (χ1n) is 8.76. The van der Waals surface area contributed by atoms with E-state index in [1.165, 1.54) is 41.4 Å². The Bertz CT molecular complexity index is 1220. The Hall–Kier alpha value is -3.03. The normalized spacial score (nSPS) is 15.6. The Morgan fingerprint density at radius 2 is 1.97 bits per heavy atom. The van der Waals surface area contributed by atoms with E-state index in [-0.39, 0.29) is 34.3 Å². The zero-order valence-corrected chi connectivity index (χ0v) is 18.2. The molecule has 2 aromatic rings. The fourth-order valence-electron chi connectivity index (χ4n) is 2.86. The molecule has 0 aliphatic carbocycles. The largest absolute Gasteiger partial charge is 0.481 e. The van der Waals surface area contributed by atoms with E-state index in [0.717, 1.165) is 27.9 Å². The smallest absolute Gasteiger partial charge is 0.303 e. The summed E-state index contributed by atoms with van der Waals surface area (Å²) in [5.41, 5.74) is -0.448. The minimum atomic E-state index is -4.31. The summed E-state index contributed by atoms with van der Waals surface area (Å²) in [4.78, 5) is 34.7. The third-order valence-electron chi connectivity index (χ3n) is 4.27. The first-order valence-corrected chi connectivity index (χ1v) is 11.4. The monoisotopic (exact) mass is 481 g/mol. The fraction of sp³-hybridized carbons (Fsp3) is 0.167. The van der Waals surface area contributed by atoms with Crippen molar-refractivity contribution in [2.45, 2.75) is 17.7 Å². The molecule has 1 aromatic carbocycles. The molecule has 31 heavy (non-hydrogen) atoms. The van der Waals surface area contributed by atoms with Crippen molar-refractivity contribution in [2.24, 2.45) is 0 Å². The quantitative estimate of drug-likeness (QED) is 0.261. The van der Waals surface area contributed by atoms with Crippen LogP contribution in [0.1, 0.15) is 18.5 Å². The Balaban J connectivity index is 1.93. The number of nitro benzene ring substituents is 1. The van der Waals surface area contributed by atoms with Crippen LogP contribution >= 0.6 is 24.0 Å². The first kappa shape index (κ1) is 22.7. The molecular formula is C18H15N3O7S3. The number of aromatic nitrogens is 1. The number of thioether (sulfide) groups is 1. The van der Waals surface area contributed by atoms with Crippen LogP contribution in [0.2, 0.25) is 0 Å². The van der Waals surface area contributed by atoms with Gasteiger partial charge in [-0.05, 0) is 30.7 Å². The number of para-hydroxylation sites is 1. The zero-order chi connectivity index (χ0) is 22.8. The summed E-state index contributed by atoms with van der Waals surface area (Å²) in [5, 5.41) is 20.0. The van der Waals surface area contributed by atoms with Crippen molar-refractivity contribution in [3.8, 4) is 0 Å². The molecule has 0 saturated carbocycles. The van der Waals surface area contributed by atoms with Gasteiger partial charge in [0.25, 0.3) is 21.6 Å². The lowest BCUT2D eigenvalue weighted by atomic mass is 10.3. The van der Waals surface area contributed by atoms with Gasteiger partial charge >= 0.3 is 5.97 Å². The molecule has 1 aliphatic rings. The number of carbonyl (C=O) groups is 2. The van der Waals surface area contributed by atoms with E-state index in [2.05, 4.69) is 0 Å². The number of nitro groups is 1. The van der Waals surface area contributed by atoms with Gasteiger partial charge in [0.05, 0.1) is 15.5 Å². The topological polar surface area (TPSA) is 140 Å². The van der Waals surface area contributed by atoms with Crippen LogP contribution in [0.5, 0.6) is 0 Å². The number of carbonyl (C=O) groups excluding carboxylic acids is 1. The molecule has 0 radical (unpaired) electrons. The highest BCUT2D eigenvalue weighted by Crippen LogP contribution is 2.34. The molecule has 2 heterocycles. The molecule has 1 N–H and O–H groups in total. The molecule has 0 unspecified atom stereocenters. The number of hydrogen-bond acceptors (Lipinski definition) is 8. The molecule has 1 aromatic heterocycles. The van der Waals surface area contributed by atoms with E-state index in [9.17, 15) is 28.1 Å². The summed E-state index contributed by atoms with van der Waals surface area (Å²) in [6.07, 6.45) is 2.67. The number of nitrogens with zero attached hydrogens (tertiary/aromatic N) is 3. The number of hydrogen-bond donors (Lipinski definition) is 1. The zero-order valence-electron chi connectivity index (χ0n) is 15.7. The van der Waals surface area contributed by atoms with E-state index in [1.54, 1.807) is 0 Å². The highest BCUT2D eigenvalue weighted by Gasteiger charge is 2.33. The fourth-order valence-corrected chi connectivity index (χ4v) is 5.64. The van der Waals surface area contributed by atoms with Gasteiger partial charge in [0.2, 0.25) is 0 Å². The van der Waals surface area contributed by atoms with Crippen LogP contribution in [0, 0.1) is 10.1 Å². The summed E-state index contributed by atoms with van der Waals surface area (Å²) in [6, 6.07) is 7.86. The molecule has 1 saturated heterocycles. The average Bonchev–Trinajstić information content (AvgIpc) is 3.28. The molecule has 3 rings (SSSR count). The van der Waals surface area contributed by atoms with Crippen LogP contribution in [0.25, 0.3) is 6.08 Å². The maximum absolute atomic E-state index is 13.1. The van der Waals surface area contributed by atoms with Gasteiger partial charge in [-0.25, -0.2) is 12.4 Å². The number of aliphatic carboxylic acids is 1. The Morgan fingerprint density at radius 1 is 1.26 bits per heavy atom. The molecule has 10 nitrogen and oxygen atoms in total. The number of amides is 1. The highest BCUT2D eigenvalue weighted by atomic mass is 32.2. The molecule has 13 heteroatoms. The summed E-state index contributed by atoms with van der Waals surface area (Å²) in [6.45, 7) is 0.129. The van der Waals surface area contributed by atoms with Crippen LogP contribution in [0.15, 0.2) is 52.4 Å². The van der Waals surface area contributed by atoms with Gasteiger partial charge in [0.1, 0.15) is 4.32 Å². The van der Waals surface area contributed by atoms with Crippen LogP contribution in [0.4, 0.5) is 5.69 Å². The number of thiocarbonyl (C=S) groups is 1. The average molecular weight is 482 g/mol. The first-order chi connectivity index (χ1) is 14.6. The minimum Gasteiger partial charge on any atom is -0.481 e. The van der Waals surface area contributed by atoms with Crippen molar-refractivity contribution in [3.05, 3.63) is 63.3 Å². The second-order valence-electron chi connectivity index (χ2n) is 6.29. The van der Waals surface area contributed by atoms with Gasteiger partial charge in [0, 0.05) is 25.2 Å². The van der Waals surface area contributed by atoms with E-state index < -0.39 is 37.4 Å². The molecule has 162 valence electrons. The maximum Gasteiger partial charge on any atom is 0.303 e. The van der Waals surface area contributed by atoms with Gasteiger partial charge in [-0.1, -0.05) is 36.1 Å². The number of carboxylic acid groups (broad SMARTS) is 1. The van der Waals surface area contributed by atoms with Crippen molar-refractivity contribution >= 4 is 62.0 Å². The van der Waals surface area contributed by atoms with Gasteiger partial charge < -0.3 is 5.11 Å². The standard InChI is InChI=1S/C18H15N3O7S3/c22-16(23)8-4-9-19-17(24)14(30-18(19)29)11-12-5-3-10-20(12)31(27,28)15-7-2-1-6-13(15)21(25)26/h1-3,5-7,10-11H,4,8-9H2,(H,22,23)/b14-11+. The number of carboxylic acids is 1. The van der Waals surface area contributed by atoms with Crippen molar-refractivity contribution < 1.29 is 28.0 Å². The molecule has 1 fully saturated rings. The summed E-state index contributed by atoms with van der Waals surface area (Å²) >= 11 is 6.14. The van der Waals surface area contributed by atoms with Crippen molar-refractivity contribution in [1.29, 1.82) is 0 Å². The van der Waals surface area contributed by atoms with Crippen molar-refractivity contribution in [3.63, 3.8) is 0 Å². The third-order valence-corrected chi connectivity index (χ3v) is 7.40.